The summed E-state index contributed by atoms with van der Waals surface area (Å²) in [6.45, 7) is 16.2. The zero-order chi connectivity index (χ0) is 27.9. The van der Waals surface area contributed by atoms with Crippen LogP contribution in [0.5, 0.6) is 0 Å². The second-order valence-corrected chi connectivity index (χ2v) is 9.28. The molecule has 0 spiro atoms. The topological polar surface area (TPSA) is 103 Å². The van der Waals surface area contributed by atoms with Crippen molar-refractivity contribution in [1.29, 1.82) is 0 Å². The summed E-state index contributed by atoms with van der Waals surface area (Å²) in [7, 11) is 1.60. The van der Waals surface area contributed by atoms with Gasteiger partial charge >= 0.3 is 5.97 Å². The maximum Gasteiger partial charge on any atom is 0.358 e. The van der Waals surface area contributed by atoms with Gasteiger partial charge in [0, 0.05) is 37.9 Å². The molecule has 1 aromatic carbocycles. The van der Waals surface area contributed by atoms with Crippen molar-refractivity contribution >= 4 is 35.6 Å². The molecule has 2 heterocycles. The fraction of sp³-hybridized carbons (Fsp3) is 0.379. The van der Waals surface area contributed by atoms with Crippen molar-refractivity contribution in [3.05, 3.63) is 72.6 Å². The van der Waals surface area contributed by atoms with E-state index in [0.717, 1.165) is 11.1 Å². The van der Waals surface area contributed by atoms with Crippen molar-refractivity contribution in [3.63, 3.8) is 0 Å². The van der Waals surface area contributed by atoms with E-state index in [-0.39, 0.29) is 36.4 Å². The second-order valence-electron chi connectivity index (χ2n) is 9.28. The minimum Gasteiger partial charge on any atom is -0.460 e. The van der Waals surface area contributed by atoms with Gasteiger partial charge < -0.3 is 14.8 Å². The Morgan fingerprint density at radius 1 is 1.18 bits per heavy atom. The number of carbonyl (C=O) groups excluding carboxylic acids is 3. The first-order chi connectivity index (χ1) is 18.2. The van der Waals surface area contributed by atoms with E-state index in [1.54, 1.807) is 37.5 Å². The Kier molecular flexibility index (Phi) is 9.41. The zero-order valence-electron chi connectivity index (χ0n) is 22.4. The van der Waals surface area contributed by atoms with Gasteiger partial charge in [0.15, 0.2) is 5.69 Å². The Labute approximate surface area is 223 Å². The van der Waals surface area contributed by atoms with Gasteiger partial charge in [-0.25, -0.2) is 4.79 Å². The summed E-state index contributed by atoms with van der Waals surface area (Å²) in [5.41, 5.74) is 0.955. The molecule has 0 saturated carbocycles. The van der Waals surface area contributed by atoms with E-state index in [1.807, 2.05) is 19.9 Å². The highest BCUT2D eigenvalue weighted by molar-refractivity contribution is 6.12. The average Bonchev–Trinajstić information content (AvgIpc) is 3.37. The maximum atomic E-state index is 14.1. The molecule has 9 heteroatoms. The van der Waals surface area contributed by atoms with E-state index >= 15 is 0 Å². The van der Waals surface area contributed by atoms with Crippen LogP contribution >= 0.6 is 0 Å². The van der Waals surface area contributed by atoms with Gasteiger partial charge in [0.2, 0.25) is 5.91 Å². The lowest BCUT2D eigenvalue weighted by Gasteiger charge is -2.45. The first-order valence-corrected chi connectivity index (χ1v) is 12.6. The molecule has 0 radical (unpaired) electrons. The van der Waals surface area contributed by atoms with Gasteiger partial charge in [0.25, 0.3) is 5.91 Å². The van der Waals surface area contributed by atoms with Crippen molar-refractivity contribution in [2.75, 3.05) is 31.8 Å². The van der Waals surface area contributed by atoms with Crippen LogP contribution in [0.1, 0.15) is 58.8 Å². The number of rotatable bonds is 13. The average molecular weight is 521 g/mol. The van der Waals surface area contributed by atoms with Gasteiger partial charge in [-0.15, -0.1) is 6.58 Å². The van der Waals surface area contributed by atoms with Crippen LogP contribution in [0.25, 0.3) is 12.2 Å². The quantitative estimate of drug-likeness (QED) is 0.242. The van der Waals surface area contributed by atoms with Crippen LogP contribution in [0.2, 0.25) is 0 Å². The van der Waals surface area contributed by atoms with Crippen LogP contribution in [0, 0.1) is 5.92 Å². The van der Waals surface area contributed by atoms with E-state index in [1.165, 1.54) is 15.6 Å². The molecule has 38 heavy (non-hydrogen) atoms. The first-order valence-electron chi connectivity index (χ1n) is 12.6. The molecule has 0 saturated heterocycles. The Hall–Kier alpha value is -3.98. The second kappa shape index (κ2) is 12.5. The van der Waals surface area contributed by atoms with Gasteiger partial charge in [-0.3, -0.25) is 19.2 Å². The summed E-state index contributed by atoms with van der Waals surface area (Å²) in [6, 6.07) is 6.91. The van der Waals surface area contributed by atoms with Crippen LogP contribution in [0.15, 0.2) is 50.1 Å². The smallest absolute Gasteiger partial charge is 0.358 e. The highest BCUT2D eigenvalue weighted by Crippen LogP contribution is 2.36. The molecule has 3 rings (SSSR count). The number of methoxy groups -OCH3 is 1. The Morgan fingerprint density at radius 3 is 2.45 bits per heavy atom. The largest absolute Gasteiger partial charge is 0.460 e. The maximum absolute atomic E-state index is 14.1. The normalized spacial score (nSPS) is 17.3. The van der Waals surface area contributed by atoms with Crippen molar-refractivity contribution in [2.24, 2.45) is 5.92 Å². The number of nitrogens with zero attached hydrogens (tertiary/aromatic N) is 3. The van der Waals surface area contributed by atoms with Gasteiger partial charge in [-0.2, -0.15) is 5.10 Å². The molecule has 2 atom stereocenters. The van der Waals surface area contributed by atoms with Crippen molar-refractivity contribution in [1.82, 2.24) is 15.1 Å². The lowest BCUT2D eigenvalue weighted by molar-refractivity contribution is -0.127. The molecule has 9 nitrogen and oxygen atoms in total. The minimum atomic E-state index is -1.31. The van der Waals surface area contributed by atoms with E-state index in [0.29, 0.717) is 31.7 Å². The van der Waals surface area contributed by atoms with Crippen LogP contribution in [-0.4, -0.2) is 60.0 Å². The van der Waals surface area contributed by atoms with Gasteiger partial charge in [0.05, 0.1) is 13.2 Å². The number of fused-ring (bicyclic) bond motifs is 1. The molecular weight excluding hydrogens is 484 g/mol. The zero-order valence-corrected chi connectivity index (χ0v) is 22.4. The molecule has 2 amide bonds. The third kappa shape index (κ3) is 5.78. The standard InChI is InChI=1S/C29H36N4O5/c1-7-20(5)18-38-27(35)24-17-25-26(34)33(23-15-21(8-2)14-22(9-3)16-23)29(10-4,19-32(25)31-24)28(36)30-12-11-13-37-6/h7-9,14-17,20H,1-3,10-13,18-19H2,4-6H3,(H,30,36). The van der Waals surface area contributed by atoms with Gasteiger partial charge in [-0.1, -0.05) is 45.2 Å². The summed E-state index contributed by atoms with van der Waals surface area (Å²) in [5, 5.41) is 7.33. The number of amides is 2. The van der Waals surface area contributed by atoms with E-state index in [9.17, 15) is 14.4 Å². The number of benzene rings is 1. The third-order valence-electron chi connectivity index (χ3n) is 6.64. The Balaban J connectivity index is 2.10. The van der Waals surface area contributed by atoms with Gasteiger partial charge in [-0.05, 0) is 42.2 Å². The highest BCUT2D eigenvalue weighted by Gasteiger charge is 2.51. The number of anilines is 1. The van der Waals surface area contributed by atoms with Crippen LogP contribution in [0.4, 0.5) is 5.69 Å². The Morgan fingerprint density at radius 2 is 1.87 bits per heavy atom. The third-order valence-corrected chi connectivity index (χ3v) is 6.64. The van der Waals surface area contributed by atoms with E-state index in [4.69, 9.17) is 9.47 Å². The van der Waals surface area contributed by atoms with Crippen molar-refractivity contribution in [2.45, 2.75) is 38.8 Å². The molecule has 0 fully saturated rings. The summed E-state index contributed by atoms with van der Waals surface area (Å²) < 4.78 is 11.9. The SMILES string of the molecule is C=Cc1cc(C=C)cc(N2C(=O)c3cc(C(=O)OCC(C)C=C)nn3CC2(CC)C(=O)NCCCOC)c1. The number of aromatic nitrogens is 2. The summed E-state index contributed by atoms with van der Waals surface area (Å²) in [4.78, 5) is 42.1. The molecule has 202 valence electrons. The number of esters is 1. The Bertz CT molecular complexity index is 1210. The summed E-state index contributed by atoms with van der Waals surface area (Å²) >= 11 is 0. The predicted octanol–water partition coefficient (Wildman–Crippen LogP) is 4.11. The number of carbonyl (C=O) groups is 3. The lowest BCUT2D eigenvalue weighted by Crippen LogP contribution is -2.66. The van der Waals surface area contributed by atoms with E-state index in [2.05, 4.69) is 30.2 Å². The predicted molar refractivity (Wildman–Crippen MR) is 148 cm³/mol. The molecule has 0 aliphatic carbocycles. The van der Waals surface area contributed by atoms with Crippen LogP contribution in [0.3, 0.4) is 0 Å². The molecular formula is C29H36N4O5. The lowest BCUT2D eigenvalue weighted by atomic mass is 9.88. The summed E-state index contributed by atoms with van der Waals surface area (Å²) in [6.07, 6.45) is 5.95. The fourth-order valence-corrected chi connectivity index (χ4v) is 4.36. The van der Waals surface area contributed by atoms with Crippen LogP contribution in [-0.2, 0) is 20.8 Å². The highest BCUT2D eigenvalue weighted by atomic mass is 16.5. The molecule has 2 aromatic rings. The molecule has 2 unspecified atom stereocenters. The molecule has 1 N–H and O–H groups in total. The fourth-order valence-electron chi connectivity index (χ4n) is 4.36. The number of hydrogen-bond donors (Lipinski definition) is 1. The summed E-state index contributed by atoms with van der Waals surface area (Å²) in [5.74, 6) is -1.45. The molecule has 1 aromatic heterocycles. The van der Waals surface area contributed by atoms with E-state index < -0.39 is 17.4 Å². The molecule has 0 bridgehead atoms. The number of nitrogens with one attached hydrogen (secondary N) is 1. The van der Waals surface area contributed by atoms with Crippen LogP contribution < -0.4 is 10.2 Å². The van der Waals surface area contributed by atoms with Crippen molar-refractivity contribution in [3.8, 4) is 0 Å². The van der Waals surface area contributed by atoms with Crippen molar-refractivity contribution < 1.29 is 23.9 Å². The molecule has 1 aliphatic rings. The monoisotopic (exact) mass is 520 g/mol. The number of hydrogen-bond acceptors (Lipinski definition) is 6. The first kappa shape index (κ1) is 28.6. The number of ether oxygens (including phenoxy) is 2. The molecule has 1 aliphatic heterocycles. The van der Waals surface area contributed by atoms with Gasteiger partial charge in [0.1, 0.15) is 11.2 Å². The minimum absolute atomic E-state index is 0.00332.